The SMILES string of the molecule is C=CCc1ccc(OCCn2c(CNC(=O)c3ccc(C)cc3)nc3ccccc32)c(OC)c1. The summed E-state index contributed by atoms with van der Waals surface area (Å²) in [4.78, 5) is 17.3. The molecule has 0 saturated heterocycles. The molecule has 4 rings (SSSR count). The first-order valence-corrected chi connectivity index (χ1v) is 11.3. The molecule has 174 valence electrons. The molecule has 0 bridgehead atoms. The predicted molar refractivity (Wildman–Crippen MR) is 134 cm³/mol. The van der Waals surface area contributed by atoms with Crippen molar-refractivity contribution in [2.24, 2.45) is 0 Å². The molecule has 0 atom stereocenters. The van der Waals surface area contributed by atoms with Gasteiger partial charge < -0.3 is 19.4 Å². The fourth-order valence-corrected chi connectivity index (χ4v) is 3.85. The molecule has 0 aliphatic heterocycles. The summed E-state index contributed by atoms with van der Waals surface area (Å²) in [6.07, 6.45) is 2.63. The number of allylic oxidation sites excluding steroid dienone is 1. The normalized spacial score (nSPS) is 10.8. The summed E-state index contributed by atoms with van der Waals surface area (Å²) < 4.78 is 13.6. The Labute approximate surface area is 199 Å². The van der Waals surface area contributed by atoms with Crippen molar-refractivity contribution in [1.29, 1.82) is 0 Å². The fourth-order valence-electron chi connectivity index (χ4n) is 3.85. The Morgan fingerprint density at radius 3 is 2.65 bits per heavy atom. The average Bonchev–Trinajstić information content (AvgIpc) is 3.21. The van der Waals surface area contributed by atoms with Crippen LogP contribution in [0.4, 0.5) is 0 Å². The predicted octanol–water partition coefficient (Wildman–Crippen LogP) is 5.09. The van der Waals surface area contributed by atoms with Gasteiger partial charge in [-0.3, -0.25) is 4.79 Å². The van der Waals surface area contributed by atoms with Crippen LogP contribution in [-0.4, -0.2) is 29.2 Å². The number of aromatic nitrogens is 2. The molecule has 0 spiro atoms. The number of carbonyl (C=O) groups excluding carboxylic acids is 1. The number of imidazole rings is 1. The number of nitrogens with zero attached hydrogens (tertiary/aromatic N) is 2. The lowest BCUT2D eigenvalue weighted by atomic mass is 10.1. The van der Waals surface area contributed by atoms with Crippen LogP contribution in [0.1, 0.15) is 27.3 Å². The second-order valence-corrected chi connectivity index (χ2v) is 8.04. The third kappa shape index (κ3) is 5.29. The highest BCUT2D eigenvalue weighted by Crippen LogP contribution is 2.28. The zero-order valence-electron chi connectivity index (χ0n) is 19.6. The summed E-state index contributed by atoms with van der Waals surface area (Å²) in [5.41, 5.74) is 4.74. The van der Waals surface area contributed by atoms with Crippen molar-refractivity contribution in [3.05, 3.63) is 102 Å². The molecular formula is C28H29N3O3. The number of nitrogens with one attached hydrogen (secondary N) is 1. The average molecular weight is 456 g/mol. The molecule has 0 radical (unpaired) electrons. The van der Waals surface area contributed by atoms with Gasteiger partial charge in [-0.1, -0.05) is 42.0 Å². The van der Waals surface area contributed by atoms with Crippen LogP contribution in [0.3, 0.4) is 0 Å². The highest BCUT2D eigenvalue weighted by Gasteiger charge is 2.13. The quantitative estimate of drug-likeness (QED) is 0.338. The van der Waals surface area contributed by atoms with Gasteiger partial charge in [-0.25, -0.2) is 4.98 Å². The lowest BCUT2D eigenvalue weighted by Crippen LogP contribution is -2.25. The van der Waals surface area contributed by atoms with Crippen molar-refractivity contribution < 1.29 is 14.3 Å². The smallest absolute Gasteiger partial charge is 0.251 e. The largest absolute Gasteiger partial charge is 0.493 e. The number of methoxy groups -OCH3 is 1. The summed E-state index contributed by atoms with van der Waals surface area (Å²) in [6, 6.07) is 21.4. The van der Waals surface area contributed by atoms with E-state index in [0.717, 1.165) is 34.4 Å². The Kier molecular flexibility index (Phi) is 7.28. The maximum absolute atomic E-state index is 12.6. The Bertz CT molecular complexity index is 1290. The van der Waals surface area contributed by atoms with Crippen LogP contribution in [0.2, 0.25) is 0 Å². The van der Waals surface area contributed by atoms with E-state index < -0.39 is 0 Å². The van der Waals surface area contributed by atoms with Crippen molar-refractivity contribution >= 4 is 16.9 Å². The van der Waals surface area contributed by atoms with E-state index in [2.05, 4.69) is 16.5 Å². The maximum Gasteiger partial charge on any atom is 0.251 e. The van der Waals surface area contributed by atoms with Gasteiger partial charge >= 0.3 is 0 Å². The zero-order chi connectivity index (χ0) is 23.9. The highest BCUT2D eigenvalue weighted by molar-refractivity contribution is 5.94. The van der Waals surface area contributed by atoms with Crippen molar-refractivity contribution in [2.75, 3.05) is 13.7 Å². The number of amides is 1. The number of hydrogen-bond donors (Lipinski definition) is 1. The van der Waals surface area contributed by atoms with Crippen LogP contribution in [0.15, 0.2) is 79.4 Å². The number of fused-ring (bicyclic) bond motifs is 1. The number of rotatable bonds is 10. The number of hydrogen-bond acceptors (Lipinski definition) is 4. The molecule has 1 N–H and O–H groups in total. The van der Waals surface area contributed by atoms with Gasteiger partial charge in [0.05, 0.1) is 31.2 Å². The molecule has 4 aromatic rings. The Morgan fingerprint density at radius 1 is 1.09 bits per heavy atom. The van der Waals surface area contributed by atoms with Gasteiger partial charge in [-0.2, -0.15) is 0 Å². The molecule has 0 unspecified atom stereocenters. The second-order valence-electron chi connectivity index (χ2n) is 8.04. The number of carbonyl (C=O) groups is 1. The summed E-state index contributed by atoms with van der Waals surface area (Å²) in [5, 5.41) is 2.99. The van der Waals surface area contributed by atoms with E-state index in [1.165, 1.54) is 0 Å². The molecular weight excluding hydrogens is 426 g/mol. The molecule has 0 aliphatic carbocycles. The number of benzene rings is 3. The molecule has 1 aromatic heterocycles. The summed E-state index contributed by atoms with van der Waals surface area (Å²) in [6.45, 7) is 7.11. The van der Waals surface area contributed by atoms with E-state index in [-0.39, 0.29) is 5.91 Å². The van der Waals surface area contributed by atoms with Gasteiger partial charge in [0.2, 0.25) is 0 Å². The molecule has 0 fully saturated rings. The van der Waals surface area contributed by atoms with Crippen LogP contribution in [0, 0.1) is 6.92 Å². The summed E-state index contributed by atoms with van der Waals surface area (Å²) in [5.74, 6) is 2.03. The van der Waals surface area contributed by atoms with Crippen molar-refractivity contribution in [1.82, 2.24) is 14.9 Å². The van der Waals surface area contributed by atoms with E-state index in [4.69, 9.17) is 14.5 Å². The molecule has 1 heterocycles. The van der Waals surface area contributed by atoms with Crippen molar-refractivity contribution in [2.45, 2.75) is 26.4 Å². The van der Waals surface area contributed by atoms with E-state index in [1.54, 1.807) is 7.11 Å². The van der Waals surface area contributed by atoms with Gasteiger partial charge in [-0.05, 0) is 55.3 Å². The third-order valence-electron chi connectivity index (χ3n) is 5.63. The van der Waals surface area contributed by atoms with E-state index in [0.29, 0.717) is 36.8 Å². The summed E-state index contributed by atoms with van der Waals surface area (Å²) >= 11 is 0. The first-order valence-electron chi connectivity index (χ1n) is 11.3. The van der Waals surface area contributed by atoms with Gasteiger partial charge in [0.1, 0.15) is 12.4 Å². The molecule has 1 amide bonds. The Morgan fingerprint density at radius 2 is 1.88 bits per heavy atom. The van der Waals surface area contributed by atoms with Crippen LogP contribution in [0.5, 0.6) is 11.5 Å². The van der Waals surface area contributed by atoms with Gasteiger partial charge in [0.15, 0.2) is 11.5 Å². The molecule has 0 saturated carbocycles. The fraction of sp³-hybridized carbons (Fsp3) is 0.214. The van der Waals surface area contributed by atoms with Crippen LogP contribution >= 0.6 is 0 Å². The number of ether oxygens (including phenoxy) is 2. The Hall–Kier alpha value is -4.06. The van der Waals surface area contributed by atoms with Crippen LogP contribution in [0.25, 0.3) is 11.0 Å². The van der Waals surface area contributed by atoms with Crippen molar-refractivity contribution in [3.63, 3.8) is 0 Å². The molecule has 6 nitrogen and oxygen atoms in total. The van der Waals surface area contributed by atoms with E-state index in [9.17, 15) is 4.79 Å². The molecule has 0 aliphatic rings. The third-order valence-corrected chi connectivity index (χ3v) is 5.63. The maximum atomic E-state index is 12.6. The van der Waals surface area contributed by atoms with E-state index >= 15 is 0 Å². The van der Waals surface area contributed by atoms with Gasteiger partial charge in [-0.15, -0.1) is 6.58 Å². The molecule has 6 heteroatoms. The highest BCUT2D eigenvalue weighted by atomic mass is 16.5. The lowest BCUT2D eigenvalue weighted by molar-refractivity contribution is 0.0949. The first-order chi connectivity index (χ1) is 16.6. The van der Waals surface area contributed by atoms with Crippen LogP contribution in [-0.2, 0) is 19.5 Å². The van der Waals surface area contributed by atoms with Gasteiger partial charge in [0.25, 0.3) is 5.91 Å². The monoisotopic (exact) mass is 455 g/mol. The topological polar surface area (TPSA) is 65.4 Å². The number of para-hydroxylation sites is 2. The minimum atomic E-state index is -0.126. The first kappa shape index (κ1) is 23.1. The number of aryl methyl sites for hydroxylation is 1. The van der Waals surface area contributed by atoms with E-state index in [1.807, 2.05) is 79.7 Å². The lowest BCUT2D eigenvalue weighted by Gasteiger charge is -2.14. The van der Waals surface area contributed by atoms with Gasteiger partial charge in [0, 0.05) is 5.56 Å². The molecule has 3 aromatic carbocycles. The minimum absolute atomic E-state index is 0.126. The standard InChI is InChI=1S/C28H29N3O3/c1-4-7-21-12-15-25(26(18-21)33-3)34-17-16-31-24-9-6-5-8-23(24)30-27(31)19-29-28(32)22-13-10-20(2)11-14-22/h4-6,8-15,18H,1,7,16-17,19H2,2-3H3,(H,29,32). The second kappa shape index (κ2) is 10.7. The van der Waals surface area contributed by atoms with Crippen LogP contribution < -0.4 is 14.8 Å². The zero-order valence-corrected chi connectivity index (χ0v) is 19.6. The van der Waals surface area contributed by atoms with Crippen molar-refractivity contribution in [3.8, 4) is 11.5 Å². The summed E-state index contributed by atoms with van der Waals surface area (Å²) in [7, 11) is 1.64. The minimum Gasteiger partial charge on any atom is -0.493 e. The molecule has 34 heavy (non-hydrogen) atoms. The Balaban J connectivity index is 1.47.